The summed E-state index contributed by atoms with van der Waals surface area (Å²) in [6.45, 7) is 7.51. The van der Waals surface area contributed by atoms with E-state index in [1.54, 1.807) is 31.2 Å². The molecule has 0 aliphatic carbocycles. The average Bonchev–Trinajstić information content (AvgIpc) is 2.53. The van der Waals surface area contributed by atoms with Crippen molar-refractivity contribution in [2.75, 3.05) is 16.6 Å². The number of anilines is 1. The number of nitrogens with one attached hydrogen (secondary N) is 1. The molecule has 0 radical (unpaired) electrons. The highest BCUT2D eigenvalue weighted by Crippen LogP contribution is 2.35. The van der Waals surface area contributed by atoms with Gasteiger partial charge in [-0.25, -0.2) is 8.42 Å². The number of hydrogen-bond donors (Lipinski definition) is 1. The monoisotopic (exact) mass is 340 g/mol. The SMILES string of the molecule is CCS(=O)(=O)N1C[C@@H](C(=O)N[C@H](C)C(C)C)Oc2ccccc21. The lowest BCUT2D eigenvalue weighted by molar-refractivity contribution is -0.128. The van der Waals surface area contributed by atoms with Crippen molar-refractivity contribution in [3.63, 3.8) is 0 Å². The van der Waals surface area contributed by atoms with Crippen LogP contribution >= 0.6 is 0 Å². The molecule has 2 rings (SSSR count). The van der Waals surface area contributed by atoms with Crippen LogP contribution < -0.4 is 14.4 Å². The Balaban J connectivity index is 2.28. The number of carbonyl (C=O) groups excluding carboxylic acids is 1. The van der Waals surface area contributed by atoms with Gasteiger partial charge in [-0.3, -0.25) is 9.10 Å². The first kappa shape index (κ1) is 17.6. The summed E-state index contributed by atoms with van der Waals surface area (Å²) < 4.78 is 31.7. The molecule has 7 heteroatoms. The topological polar surface area (TPSA) is 75.7 Å². The Kier molecular flexibility index (Phi) is 5.19. The van der Waals surface area contributed by atoms with Crippen LogP contribution in [0.15, 0.2) is 24.3 Å². The van der Waals surface area contributed by atoms with E-state index in [1.807, 2.05) is 20.8 Å². The average molecular weight is 340 g/mol. The Labute approximate surface area is 137 Å². The number of benzene rings is 1. The third kappa shape index (κ3) is 3.77. The number of para-hydroxylation sites is 2. The summed E-state index contributed by atoms with van der Waals surface area (Å²) >= 11 is 0. The van der Waals surface area contributed by atoms with Gasteiger partial charge in [0.1, 0.15) is 5.75 Å². The summed E-state index contributed by atoms with van der Waals surface area (Å²) in [7, 11) is -3.47. The lowest BCUT2D eigenvalue weighted by Gasteiger charge is -2.35. The van der Waals surface area contributed by atoms with Crippen molar-refractivity contribution >= 4 is 21.6 Å². The van der Waals surface area contributed by atoms with Crippen LogP contribution in [0, 0.1) is 5.92 Å². The third-order valence-corrected chi connectivity index (χ3v) is 5.84. The van der Waals surface area contributed by atoms with E-state index in [1.165, 1.54) is 4.31 Å². The zero-order chi connectivity index (χ0) is 17.2. The number of nitrogens with zero attached hydrogens (tertiary/aromatic N) is 1. The van der Waals surface area contributed by atoms with E-state index < -0.39 is 16.1 Å². The Bertz CT molecular complexity index is 672. The number of amides is 1. The van der Waals surface area contributed by atoms with Crippen LogP contribution in [0.4, 0.5) is 5.69 Å². The minimum absolute atomic E-state index is 0.0101. The van der Waals surface area contributed by atoms with Crippen molar-refractivity contribution in [2.45, 2.75) is 39.8 Å². The van der Waals surface area contributed by atoms with E-state index >= 15 is 0 Å². The summed E-state index contributed by atoms with van der Waals surface area (Å²) in [6, 6.07) is 6.86. The molecule has 0 saturated heterocycles. The van der Waals surface area contributed by atoms with Crippen LogP contribution in [0.25, 0.3) is 0 Å². The molecule has 1 aromatic rings. The molecule has 0 spiro atoms. The molecule has 23 heavy (non-hydrogen) atoms. The fourth-order valence-electron chi connectivity index (χ4n) is 2.24. The molecule has 6 nitrogen and oxygen atoms in total. The lowest BCUT2D eigenvalue weighted by atomic mass is 10.1. The zero-order valence-electron chi connectivity index (χ0n) is 13.9. The second-order valence-electron chi connectivity index (χ2n) is 6.05. The summed E-state index contributed by atoms with van der Waals surface area (Å²) in [4.78, 5) is 12.4. The Hall–Kier alpha value is -1.76. The molecule has 1 N–H and O–H groups in total. The third-order valence-electron chi connectivity index (χ3n) is 4.10. The van der Waals surface area contributed by atoms with Gasteiger partial charge < -0.3 is 10.1 Å². The summed E-state index contributed by atoms with van der Waals surface area (Å²) in [5.41, 5.74) is 0.482. The molecule has 0 aromatic heterocycles. The van der Waals surface area contributed by atoms with Gasteiger partial charge >= 0.3 is 0 Å². The van der Waals surface area contributed by atoms with Crippen molar-refractivity contribution in [1.29, 1.82) is 0 Å². The maximum Gasteiger partial charge on any atom is 0.263 e. The van der Waals surface area contributed by atoms with E-state index in [2.05, 4.69) is 5.32 Å². The zero-order valence-corrected chi connectivity index (χ0v) is 14.8. The standard InChI is InChI=1S/C16H24N2O4S/c1-5-23(20,21)18-10-15(16(19)17-12(4)11(2)3)22-14-9-7-6-8-13(14)18/h6-9,11-12,15H,5,10H2,1-4H3,(H,17,19)/t12-,15+/m1/s1. The number of hydrogen-bond acceptors (Lipinski definition) is 4. The number of ether oxygens (including phenoxy) is 1. The fourth-order valence-corrected chi connectivity index (χ4v) is 3.37. The minimum atomic E-state index is -3.47. The van der Waals surface area contributed by atoms with Crippen LogP contribution in [-0.4, -0.2) is 38.8 Å². The van der Waals surface area contributed by atoms with Gasteiger partial charge in [-0.1, -0.05) is 26.0 Å². The highest BCUT2D eigenvalue weighted by Gasteiger charge is 2.36. The number of fused-ring (bicyclic) bond motifs is 1. The molecular weight excluding hydrogens is 316 g/mol. The molecule has 0 saturated carbocycles. The number of sulfonamides is 1. The Morgan fingerprint density at radius 1 is 1.35 bits per heavy atom. The normalized spacial score (nSPS) is 19.0. The molecular formula is C16H24N2O4S. The van der Waals surface area contributed by atoms with Crippen LogP contribution in [0.2, 0.25) is 0 Å². The van der Waals surface area contributed by atoms with Crippen molar-refractivity contribution in [3.8, 4) is 5.75 Å². The number of carbonyl (C=O) groups is 1. The Morgan fingerprint density at radius 2 is 2.00 bits per heavy atom. The smallest absolute Gasteiger partial charge is 0.263 e. The number of rotatable bonds is 5. The largest absolute Gasteiger partial charge is 0.476 e. The van der Waals surface area contributed by atoms with Gasteiger partial charge in [0.25, 0.3) is 5.91 Å². The van der Waals surface area contributed by atoms with E-state index in [0.717, 1.165) is 0 Å². The fraction of sp³-hybridized carbons (Fsp3) is 0.562. The van der Waals surface area contributed by atoms with Gasteiger partial charge in [0.05, 0.1) is 18.0 Å². The maximum atomic E-state index is 12.4. The molecule has 1 aliphatic rings. The summed E-state index contributed by atoms with van der Waals surface area (Å²) in [5, 5.41) is 2.88. The van der Waals surface area contributed by atoms with E-state index in [0.29, 0.717) is 11.4 Å². The first-order valence-electron chi connectivity index (χ1n) is 7.82. The summed E-state index contributed by atoms with van der Waals surface area (Å²) in [5.74, 6) is 0.369. The molecule has 0 bridgehead atoms. The maximum absolute atomic E-state index is 12.4. The second-order valence-corrected chi connectivity index (χ2v) is 8.23. The molecule has 0 fully saturated rings. The van der Waals surface area contributed by atoms with Crippen molar-refractivity contribution < 1.29 is 17.9 Å². The molecule has 128 valence electrons. The van der Waals surface area contributed by atoms with Crippen LogP contribution in [-0.2, 0) is 14.8 Å². The van der Waals surface area contributed by atoms with E-state index in [-0.39, 0.29) is 30.2 Å². The van der Waals surface area contributed by atoms with Gasteiger partial charge in [0.2, 0.25) is 10.0 Å². The first-order chi connectivity index (χ1) is 10.8. The van der Waals surface area contributed by atoms with Gasteiger partial charge in [-0.05, 0) is 31.9 Å². The van der Waals surface area contributed by atoms with E-state index in [9.17, 15) is 13.2 Å². The highest BCUT2D eigenvalue weighted by molar-refractivity contribution is 7.92. The van der Waals surface area contributed by atoms with Gasteiger partial charge in [-0.2, -0.15) is 0 Å². The van der Waals surface area contributed by atoms with Crippen LogP contribution in [0.5, 0.6) is 5.75 Å². The van der Waals surface area contributed by atoms with Gasteiger partial charge in [0, 0.05) is 6.04 Å². The predicted molar refractivity (Wildman–Crippen MR) is 90.1 cm³/mol. The predicted octanol–water partition coefficient (Wildman–Crippen LogP) is 1.76. The molecule has 1 aliphatic heterocycles. The van der Waals surface area contributed by atoms with Crippen molar-refractivity contribution in [3.05, 3.63) is 24.3 Å². The quantitative estimate of drug-likeness (QED) is 0.886. The van der Waals surface area contributed by atoms with Gasteiger partial charge in [0.15, 0.2) is 6.10 Å². The van der Waals surface area contributed by atoms with Crippen molar-refractivity contribution in [1.82, 2.24) is 5.32 Å². The summed E-state index contributed by atoms with van der Waals surface area (Å²) in [6.07, 6.45) is -0.854. The van der Waals surface area contributed by atoms with Crippen LogP contribution in [0.3, 0.4) is 0 Å². The minimum Gasteiger partial charge on any atom is -0.476 e. The van der Waals surface area contributed by atoms with Gasteiger partial charge in [-0.15, -0.1) is 0 Å². The Morgan fingerprint density at radius 3 is 2.61 bits per heavy atom. The van der Waals surface area contributed by atoms with E-state index in [4.69, 9.17) is 4.74 Å². The van der Waals surface area contributed by atoms with Crippen LogP contribution in [0.1, 0.15) is 27.7 Å². The van der Waals surface area contributed by atoms with Crippen molar-refractivity contribution in [2.24, 2.45) is 5.92 Å². The second kappa shape index (κ2) is 6.78. The molecule has 1 amide bonds. The highest BCUT2D eigenvalue weighted by atomic mass is 32.2. The first-order valence-corrected chi connectivity index (χ1v) is 9.43. The molecule has 2 atom stereocenters. The molecule has 1 aromatic carbocycles. The molecule has 0 unspecified atom stereocenters. The lowest BCUT2D eigenvalue weighted by Crippen LogP contribution is -2.53. The molecule has 1 heterocycles.